The molecule has 1 aromatic heterocycles. The third-order valence-corrected chi connectivity index (χ3v) is 15.5. The predicted octanol–water partition coefficient (Wildman–Crippen LogP) is 18.6. The highest BCUT2D eigenvalue weighted by atomic mass is 15.2. The van der Waals surface area contributed by atoms with Crippen LogP contribution in [0.2, 0.25) is 0 Å². The molecule has 3 nitrogen and oxygen atoms in total. The molecule has 1 heterocycles. The van der Waals surface area contributed by atoms with Gasteiger partial charge in [-0.25, -0.2) is 0 Å². The van der Waals surface area contributed by atoms with E-state index < -0.39 is 0 Å². The van der Waals surface area contributed by atoms with Gasteiger partial charge in [-0.2, -0.15) is 0 Å². The smallest absolute Gasteiger partial charge is 0.0561 e. The summed E-state index contributed by atoms with van der Waals surface area (Å²) in [7, 11) is 0. The van der Waals surface area contributed by atoms with Crippen molar-refractivity contribution in [2.45, 2.75) is 77.7 Å². The molecule has 0 radical (unpaired) electrons. The van der Waals surface area contributed by atoms with Gasteiger partial charge in [0.25, 0.3) is 0 Å². The molecule has 0 bridgehead atoms. The number of para-hydroxylation sites is 3. The normalized spacial score (nSPS) is 13.8. The first-order valence-corrected chi connectivity index (χ1v) is 25.1. The summed E-state index contributed by atoms with van der Waals surface area (Å²) < 4.78 is 2.58. The van der Waals surface area contributed by atoms with E-state index in [1.54, 1.807) is 0 Å². The van der Waals surface area contributed by atoms with Gasteiger partial charge in [0.1, 0.15) is 0 Å². The standard InChI is InChI=1S/C66H59N3/c1-6-7-8-21-41-67-61-33-20-17-29-56(61)64-55(30-22-34-62(64)67)54-40-37-49(44-63(54)69(45-23-11-9-12-24-45)46-25-13-10-14-26-46)68(47-35-38-52-50-27-15-18-31-57(50)65(2,3)59(52)42-47)48-36-39-53-51-28-16-19-32-58(51)66(4,5)60(53)43-48/h9-20,22-40,42-44H,6-8,21,41H2,1-5H3. The lowest BCUT2D eigenvalue weighted by molar-refractivity contribution is 0.602. The van der Waals surface area contributed by atoms with Crippen molar-refractivity contribution in [2.24, 2.45) is 0 Å². The number of aryl methyl sites for hydroxylation is 1. The van der Waals surface area contributed by atoms with Gasteiger partial charge >= 0.3 is 0 Å². The fourth-order valence-electron chi connectivity index (χ4n) is 12.0. The molecule has 0 saturated heterocycles. The topological polar surface area (TPSA) is 11.4 Å². The molecule has 0 amide bonds. The summed E-state index contributed by atoms with van der Waals surface area (Å²) in [6, 6.07) is 77.3. The zero-order chi connectivity index (χ0) is 46.9. The molecule has 2 aliphatic rings. The van der Waals surface area contributed by atoms with E-state index in [1.165, 1.54) is 96.7 Å². The predicted molar refractivity (Wildman–Crippen MR) is 294 cm³/mol. The zero-order valence-electron chi connectivity index (χ0n) is 40.5. The van der Waals surface area contributed by atoms with Crippen LogP contribution in [0.4, 0.5) is 34.1 Å². The van der Waals surface area contributed by atoms with Crippen molar-refractivity contribution < 1.29 is 0 Å². The molecule has 10 aromatic rings. The first-order valence-electron chi connectivity index (χ1n) is 25.1. The number of fused-ring (bicyclic) bond motifs is 9. The van der Waals surface area contributed by atoms with E-state index in [9.17, 15) is 0 Å². The van der Waals surface area contributed by atoms with Gasteiger partial charge in [0.2, 0.25) is 0 Å². The Morgan fingerprint density at radius 3 is 1.43 bits per heavy atom. The summed E-state index contributed by atoms with van der Waals surface area (Å²) >= 11 is 0. The SMILES string of the molecule is CCCCCCn1c2ccccc2c2c(-c3ccc(N(c4ccc5c(c4)C(C)(C)c4ccccc4-5)c4ccc5c(c4)C(C)(C)c4ccccc4-5)cc3N(c3ccccc3)c3ccccc3)cccc21. The number of anilines is 6. The van der Waals surface area contributed by atoms with E-state index in [0.717, 1.165) is 47.1 Å². The fraction of sp³-hybridized carbons (Fsp3) is 0.182. The summed E-state index contributed by atoms with van der Waals surface area (Å²) in [5, 5.41) is 2.60. The van der Waals surface area contributed by atoms with E-state index in [2.05, 4.69) is 255 Å². The second-order valence-electron chi connectivity index (χ2n) is 20.3. The van der Waals surface area contributed by atoms with Crippen LogP contribution in [0, 0.1) is 0 Å². The maximum atomic E-state index is 2.58. The van der Waals surface area contributed by atoms with Crippen molar-refractivity contribution in [2.75, 3.05) is 9.80 Å². The summed E-state index contributed by atoms with van der Waals surface area (Å²) in [5.41, 5.74) is 22.1. The van der Waals surface area contributed by atoms with Gasteiger partial charge in [-0.1, -0.05) is 187 Å². The average molecular weight is 894 g/mol. The van der Waals surface area contributed by atoms with Crippen LogP contribution in [0.3, 0.4) is 0 Å². The molecule has 12 rings (SSSR count). The highest BCUT2D eigenvalue weighted by Crippen LogP contribution is 2.54. The van der Waals surface area contributed by atoms with Crippen molar-refractivity contribution in [3.05, 3.63) is 229 Å². The Balaban J connectivity index is 1.12. The average Bonchev–Trinajstić information content (AvgIpc) is 3.92. The monoisotopic (exact) mass is 893 g/mol. The number of unbranched alkanes of at least 4 members (excludes halogenated alkanes) is 3. The van der Waals surface area contributed by atoms with Crippen LogP contribution in [0.1, 0.15) is 82.6 Å². The zero-order valence-corrected chi connectivity index (χ0v) is 40.5. The van der Waals surface area contributed by atoms with Gasteiger partial charge < -0.3 is 14.4 Å². The maximum Gasteiger partial charge on any atom is 0.0561 e. The molecule has 9 aromatic carbocycles. The van der Waals surface area contributed by atoms with Crippen molar-refractivity contribution in [1.29, 1.82) is 0 Å². The van der Waals surface area contributed by atoms with Gasteiger partial charge in [0.05, 0.1) is 5.69 Å². The Labute approximate surface area is 408 Å². The van der Waals surface area contributed by atoms with E-state index in [0.29, 0.717) is 0 Å². The molecule has 338 valence electrons. The van der Waals surface area contributed by atoms with Crippen LogP contribution >= 0.6 is 0 Å². The first kappa shape index (κ1) is 42.7. The molecule has 0 N–H and O–H groups in total. The van der Waals surface area contributed by atoms with Crippen LogP contribution < -0.4 is 9.80 Å². The van der Waals surface area contributed by atoms with E-state index in [4.69, 9.17) is 0 Å². The molecule has 0 fully saturated rings. The number of hydrogen-bond acceptors (Lipinski definition) is 2. The molecular formula is C66H59N3. The minimum Gasteiger partial charge on any atom is -0.340 e. The molecule has 0 aliphatic heterocycles. The Morgan fingerprint density at radius 1 is 0.362 bits per heavy atom. The maximum absolute atomic E-state index is 2.58. The van der Waals surface area contributed by atoms with E-state index >= 15 is 0 Å². The summed E-state index contributed by atoms with van der Waals surface area (Å²) in [4.78, 5) is 4.98. The number of hydrogen-bond donors (Lipinski definition) is 0. The second kappa shape index (κ2) is 16.9. The summed E-state index contributed by atoms with van der Waals surface area (Å²) in [5.74, 6) is 0. The number of rotatable bonds is 12. The van der Waals surface area contributed by atoms with E-state index in [-0.39, 0.29) is 10.8 Å². The number of aromatic nitrogens is 1. The lowest BCUT2D eigenvalue weighted by atomic mass is 9.82. The van der Waals surface area contributed by atoms with Crippen LogP contribution in [0.5, 0.6) is 0 Å². The fourth-order valence-corrected chi connectivity index (χ4v) is 12.0. The molecule has 0 unspecified atom stereocenters. The Bertz CT molecular complexity index is 3410. The molecule has 3 heteroatoms. The molecule has 69 heavy (non-hydrogen) atoms. The molecule has 2 aliphatic carbocycles. The lowest BCUT2D eigenvalue weighted by Gasteiger charge is -2.32. The van der Waals surface area contributed by atoms with Crippen LogP contribution in [-0.2, 0) is 17.4 Å². The van der Waals surface area contributed by atoms with Crippen molar-refractivity contribution in [3.8, 4) is 33.4 Å². The van der Waals surface area contributed by atoms with Crippen LogP contribution in [-0.4, -0.2) is 4.57 Å². The third kappa shape index (κ3) is 6.93. The van der Waals surface area contributed by atoms with Crippen molar-refractivity contribution >= 4 is 55.9 Å². The second-order valence-corrected chi connectivity index (χ2v) is 20.3. The summed E-state index contributed by atoms with van der Waals surface area (Å²) in [6.07, 6.45) is 4.88. The van der Waals surface area contributed by atoms with Crippen LogP contribution in [0.15, 0.2) is 206 Å². The van der Waals surface area contributed by atoms with Crippen molar-refractivity contribution in [1.82, 2.24) is 4.57 Å². The number of nitrogens with zero attached hydrogens (tertiary/aromatic N) is 3. The number of benzene rings is 9. The lowest BCUT2D eigenvalue weighted by Crippen LogP contribution is -2.18. The first-order chi connectivity index (χ1) is 33.7. The van der Waals surface area contributed by atoms with Crippen molar-refractivity contribution in [3.63, 3.8) is 0 Å². The largest absolute Gasteiger partial charge is 0.340 e. The van der Waals surface area contributed by atoms with Gasteiger partial charge in [-0.3, -0.25) is 0 Å². The summed E-state index contributed by atoms with van der Waals surface area (Å²) in [6.45, 7) is 12.8. The molecule has 0 spiro atoms. The minimum absolute atomic E-state index is 0.157. The Kier molecular flexibility index (Phi) is 10.4. The Morgan fingerprint density at radius 2 is 0.841 bits per heavy atom. The third-order valence-electron chi connectivity index (χ3n) is 15.5. The highest BCUT2D eigenvalue weighted by Gasteiger charge is 2.38. The molecule has 0 atom stereocenters. The Hall–Kier alpha value is -7.62. The molecule has 0 saturated carbocycles. The van der Waals surface area contributed by atoms with E-state index in [1.807, 2.05) is 0 Å². The van der Waals surface area contributed by atoms with Gasteiger partial charge in [0.15, 0.2) is 0 Å². The minimum atomic E-state index is -0.157. The molecular weight excluding hydrogens is 835 g/mol. The van der Waals surface area contributed by atoms with Gasteiger partial charge in [-0.05, 0) is 129 Å². The highest BCUT2D eigenvalue weighted by molar-refractivity contribution is 6.16. The van der Waals surface area contributed by atoms with Gasteiger partial charge in [-0.15, -0.1) is 0 Å². The van der Waals surface area contributed by atoms with Gasteiger partial charge in [0, 0.05) is 73.2 Å². The van der Waals surface area contributed by atoms with Crippen LogP contribution in [0.25, 0.3) is 55.2 Å². The quantitative estimate of drug-likeness (QED) is 0.113.